The Labute approximate surface area is 191 Å². The van der Waals surface area contributed by atoms with Crippen LogP contribution in [0, 0.1) is 0 Å². The zero-order chi connectivity index (χ0) is 22.1. The molecule has 0 saturated heterocycles. The fourth-order valence-corrected chi connectivity index (χ4v) is 3.53. The Morgan fingerprint density at radius 2 is 1.84 bits per heavy atom. The van der Waals surface area contributed by atoms with Crippen molar-refractivity contribution in [2.24, 2.45) is 0 Å². The summed E-state index contributed by atoms with van der Waals surface area (Å²) < 4.78 is 3.05. The SMILES string of the molecule is CC.O=C(NCCCCn1ccnc1)c1cc(-c2ccc(Br)cc2)nc2ccccc12. The number of fused-ring (bicyclic) bond motifs is 1. The van der Waals surface area contributed by atoms with Crippen molar-refractivity contribution in [2.45, 2.75) is 33.2 Å². The average molecular weight is 479 g/mol. The number of nitrogens with one attached hydrogen (secondary N) is 1. The van der Waals surface area contributed by atoms with E-state index in [-0.39, 0.29) is 5.91 Å². The number of rotatable bonds is 7. The first kappa shape index (κ1) is 22.7. The summed E-state index contributed by atoms with van der Waals surface area (Å²) in [6.07, 6.45) is 7.43. The van der Waals surface area contributed by atoms with Gasteiger partial charge in [0, 0.05) is 40.9 Å². The molecule has 0 aliphatic rings. The van der Waals surface area contributed by atoms with E-state index in [2.05, 4.69) is 26.2 Å². The molecular formula is C25H27BrN4O. The normalized spacial score (nSPS) is 10.4. The highest BCUT2D eigenvalue weighted by molar-refractivity contribution is 9.10. The third-order valence-electron chi connectivity index (χ3n) is 4.79. The maximum absolute atomic E-state index is 12.9. The van der Waals surface area contributed by atoms with Crippen molar-refractivity contribution < 1.29 is 4.79 Å². The van der Waals surface area contributed by atoms with Gasteiger partial charge in [-0.2, -0.15) is 0 Å². The molecule has 160 valence electrons. The Morgan fingerprint density at radius 1 is 1.06 bits per heavy atom. The zero-order valence-electron chi connectivity index (χ0n) is 17.9. The summed E-state index contributed by atoms with van der Waals surface area (Å²) >= 11 is 3.46. The Bertz CT molecular complexity index is 1110. The number of carbonyl (C=O) groups excluding carboxylic acids is 1. The number of nitrogens with zero attached hydrogens (tertiary/aromatic N) is 3. The van der Waals surface area contributed by atoms with Crippen molar-refractivity contribution in [2.75, 3.05) is 6.54 Å². The number of carbonyl (C=O) groups is 1. The lowest BCUT2D eigenvalue weighted by atomic mass is 10.0. The summed E-state index contributed by atoms with van der Waals surface area (Å²) in [6, 6.07) is 17.6. The van der Waals surface area contributed by atoms with Gasteiger partial charge in [-0.05, 0) is 37.1 Å². The predicted molar refractivity (Wildman–Crippen MR) is 130 cm³/mol. The number of pyridine rings is 1. The van der Waals surface area contributed by atoms with E-state index in [1.807, 2.05) is 85.5 Å². The minimum atomic E-state index is -0.0652. The van der Waals surface area contributed by atoms with Gasteiger partial charge in [-0.25, -0.2) is 9.97 Å². The van der Waals surface area contributed by atoms with Crippen molar-refractivity contribution >= 4 is 32.7 Å². The molecular weight excluding hydrogens is 452 g/mol. The summed E-state index contributed by atoms with van der Waals surface area (Å²) in [4.78, 5) is 21.7. The second-order valence-corrected chi connectivity index (χ2v) is 7.76. The van der Waals surface area contributed by atoms with Crippen molar-refractivity contribution in [3.63, 3.8) is 0 Å². The van der Waals surface area contributed by atoms with Gasteiger partial charge >= 0.3 is 0 Å². The first-order chi connectivity index (χ1) is 15.2. The fourth-order valence-electron chi connectivity index (χ4n) is 3.27. The van der Waals surface area contributed by atoms with Crippen LogP contribution < -0.4 is 5.32 Å². The van der Waals surface area contributed by atoms with Crippen LogP contribution in [0.2, 0.25) is 0 Å². The zero-order valence-corrected chi connectivity index (χ0v) is 19.5. The summed E-state index contributed by atoms with van der Waals surface area (Å²) in [5.41, 5.74) is 3.25. The van der Waals surface area contributed by atoms with Crippen LogP contribution in [0.1, 0.15) is 37.0 Å². The summed E-state index contributed by atoms with van der Waals surface area (Å²) in [6.45, 7) is 5.54. The first-order valence-corrected chi connectivity index (χ1v) is 11.4. The molecule has 4 aromatic rings. The lowest BCUT2D eigenvalue weighted by Gasteiger charge is -2.11. The molecule has 0 radical (unpaired) electrons. The van der Waals surface area contributed by atoms with Gasteiger partial charge in [0.2, 0.25) is 0 Å². The van der Waals surface area contributed by atoms with Crippen LogP contribution in [0.15, 0.2) is 77.8 Å². The predicted octanol–water partition coefficient (Wildman–Crippen LogP) is 6.10. The number of imidazole rings is 1. The molecule has 4 rings (SSSR count). The van der Waals surface area contributed by atoms with Crippen LogP contribution in [0.4, 0.5) is 0 Å². The third-order valence-corrected chi connectivity index (χ3v) is 5.32. The van der Waals surface area contributed by atoms with Gasteiger partial charge in [-0.1, -0.05) is 60.1 Å². The Hall–Kier alpha value is -2.99. The van der Waals surface area contributed by atoms with Crippen molar-refractivity contribution in [1.82, 2.24) is 19.9 Å². The number of amides is 1. The van der Waals surface area contributed by atoms with E-state index < -0.39 is 0 Å². The molecule has 1 amide bonds. The number of unbranched alkanes of at least 4 members (excludes halogenated alkanes) is 1. The van der Waals surface area contributed by atoms with Gasteiger partial charge in [0.1, 0.15) is 0 Å². The number of benzene rings is 2. The molecule has 2 aromatic carbocycles. The number of aryl methyl sites for hydroxylation is 1. The lowest BCUT2D eigenvalue weighted by Crippen LogP contribution is -2.25. The van der Waals surface area contributed by atoms with Crippen LogP contribution in [-0.2, 0) is 6.54 Å². The third kappa shape index (κ3) is 6.01. The van der Waals surface area contributed by atoms with Crippen molar-refractivity contribution in [1.29, 1.82) is 0 Å². The van der Waals surface area contributed by atoms with Crippen LogP contribution >= 0.6 is 15.9 Å². The van der Waals surface area contributed by atoms with Crippen molar-refractivity contribution in [3.05, 3.63) is 83.4 Å². The monoisotopic (exact) mass is 478 g/mol. The molecule has 0 spiro atoms. The van der Waals surface area contributed by atoms with Gasteiger partial charge in [0.05, 0.1) is 23.1 Å². The fraction of sp³-hybridized carbons (Fsp3) is 0.240. The molecule has 0 fully saturated rings. The van der Waals surface area contributed by atoms with Gasteiger partial charge in [-0.3, -0.25) is 4.79 Å². The van der Waals surface area contributed by atoms with E-state index in [4.69, 9.17) is 4.98 Å². The molecule has 0 atom stereocenters. The van der Waals surface area contributed by atoms with Crippen LogP contribution in [0.5, 0.6) is 0 Å². The van der Waals surface area contributed by atoms with Gasteiger partial charge < -0.3 is 9.88 Å². The van der Waals surface area contributed by atoms with E-state index >= 15 is 0 Å². The van der Waals surface area contributed by atoms with E-state index in [9.17, 15) is 4.79 Å². The largest absolute Gasteiger partial charge is 0.352 e. The topological polar surface area (TPSA) is 59.8 Å². The van der Waals surface area contributed by atoms with Crippen molar-refractivity contribution in [3.8, 4) is 11.3 Å². The van der Waals surface area contributed by atoms with Gasteiger partial charge in [0.15, 0.2) is 0 Å². The number of aromatic nitrogens is 3. The second-order valence-electron chi connectivity index (χ2n) is 6.84. The molecule has 1 N–H and O–H groups in total. The standard InChI is InChI=1S/C23H21BrN4O.C2H6/c24-18-9-7-17(8-10-18)22-15-20(19-5-1-2-6-21(19)27-22)23(29)26-11-3-4-13-28-14-12-25-16-28;1-2/h1-2,5-10,12,14-16H,3-4,11,13H2,(H,26,29);1-2H3. The minimum Gasteiger partial charge on any atom is -0.352 e. The second kappa shape index (κ2) is 11.4. The minimum absolute atomic E-state index is 0.0652. The number of halogens is 1. The highest BCUT2D eigenvalue weighted by atomic mass is 79.9. The lowest BCUT2D eigenvalue weighted by molar-refractivity contribution is 0.0954. The highest BCUT2D eigenvalue weighted by Crippen LogP contribution is 2.26. The molecule has 2 heterocycles. The number of hydrogen-bond acceptors (Lipinski definition) is 3. The van der Waals surface area contributed by atoms with Crippen LogP contribution in [-0.4, -0.2) is 27.0 Å². The number of hydrogen-bond donors (Lipinski definition) is 1. The molecule has 0 aliphatic heterocycles. The van der Waals surface area contributed by atoms with Crippen LogP contribution in [0.3, 0.4) is 0 Å². The molecule has 2 aromatic heterocycles. The number of para-hydroxylation sites is 1. The molecule has 0 saturated carbocycles. The molecule has 0 aliphatic carbocycles. The molecule has 0 bridgehead atoms. The Balaban J connectivity index is 0.00000132. The Morgan fingerprint density at radius 3 is 2.58 bits per heavy atom. The molecule has 5 nitrogen and oxygen atoms in total. The highest BCUT2D eigenvalue weighted by Gasteiger charge is 2.13. The van der Waals surface area contributed by atoms with Crippen LogP contribution in [0.25, 0.3) is 22.2 Å². The van der Waals surface area contributed by atoms with Gasteiger partial charge in [0.25, 0.3) is 5.91 Å². The quantitative estimate of drug-likeness (QED) is 0.326. The van der Waals surface area contributed by atoms with E-state index in [0.717, 1.165) is 46.0 Å². The molecule has 6 heteroatoms. The smallest absolute Gasteiger partial charge is 0.252 e. The maximum Gasteiger partial charge on any atom is 0.252 e. The Kier molecular flexibility index (Phi) is 8.35. The van der Waals surface area contributed by atoms with E-state index in [1.54, 1.807) is 6.20 Å². The summed E-state index contributed by atoms with van der Waals surface area (Å²) in [5, 5.41) is 3.92. The van der Waals surface area contributed by atoms with E-state index in [1.165, 1.54) is 0 Å². The average Bonchev–Trinajstić information content (AvgIpc) is 3.33. The summed E-state index contributed by atoms with van der Waals surface area (Å²) in [7, 11) is 0. The van der Waals surface area contributed by atoms with E-state index in [0.29, 0.717) is 12.1 Å². The maximum atomic E-state index is 12.9. The van der Waals surface area contributed by atoms with Gasteiger partial charge in [-0.15, -0.1) is 0 Å². The molecule has 31 heavy (non-hydrogen) atoms. The summed E-state index contributed by atoms with van der Waals surface area (Å²) in [5.74, 6) is -0.0652. The molecule has 0 unspecified atom stereocenters. The first-order valence-electron chi connectivity index (χ1n) is 10.6.